The van der Waals surface area contributed by atoms with Crippen LogP contribution in [0.5, 0.6) is 5.75 Å². The number of fused-ring (bicyclic) bond motifs is 1. The van der Waals surface area contributed by atoms with Gasteiger partial charge in [-0.3, -0.25) is 0 Å². The average molecular weight is 259 g/mol. The van der Waals surface area contributed by atoms with Crippen LogP contribution in [0.4, 0.5) is 0 Å². The molecule has 0 spiro atoms. The second kappa shape index (κ2) is 4.82. The summed E-state index contributed by atoms with van der Waals surface area (Å²) in [5, 5.41) is 3.81. The van der Waals surface area contributed by atoms with Gasteiger partial charge in [0.05, 0.1) is 6.10 Å². The maximum Gasteiger partial charge on any atom is 0.128 e. The first-order valence-electron chi connectivity index (χ1n) is 7.62. The van der Waals surface area contributed by atoms with Crippen LogP contribution < -0.4 is 10.1 Å². The molecular weight excluding hydrogens is 234 g/mol. The Kier molecular flexibility index (Phi) is 3.30. The zero-order chi connectivity index (χ0) is 13.6. The van der Waals surface area contributed by atoms with Crippen LogP contribution in [-0.4, -0.2) is 12.1 Å². The summed E-state index contributed by atoms with van der Waals surface area (Å²) < 4.78 is 6.20. The third-order valence-electron chi connectivity index (χ3n) is 4.32. The Hall–Kier alpha value is -1.02. The fraction of sp³-hybridized carbons (Fsp3) is 0.647. The molecule has 1 aliphatic heterocycles. The molecule has 2 unspecified atom stereocenters. The average Bonchev–Trinajstić information content (AvgIpc) is 3.12. The minimum absolute atomic E-state index is 0.308. The first-order chi connectivity index (χ1) is 9.06. The number of rotatable bonds is 3. The highest BCUT2D eigenvalue weighted by Gasteiger charge is 2.33. The number of hydrogen-bond acceptors (Lipinski definition) is 2. The highest BCUT2D eigenvalue weighted by molar-refractivity contribution is 5.50. The maximum absolute atomic E-state index is 6.20. The Bertz CT molecular complexity index is 476. The third kappa shape index (κ3) is 2.51. The Morgan fingerprint density at radius 1 is 1.26 bits per heavy atom. The quantitative estimate of drug-likeness (QED) is 0.883. The van der Waals surface area contributed by atoms with E-state index in [0.717, 1.165) is 18.2 Å². The highest BCUT2D eigenvalue weighted by atomic mass is 16.5. The molecule has 3 rings (SSSR count). The van der Waals surface area contributed by atoms with Crippen molar-refractivity contribution in [1.29, 1.82) is 0 Å². The normalized spacial score (nSPS) is 26.2. The Labute approximate surface area is 116 Å². The number of benzene rings is 1. The number of aryl methyl sites for hydroxylation is 1. The van der Waals surface area contributed by atoms with Crippen molar-refractivity contribution in [2.75, 3.05) is 0 Å². The Morgan fingerprint density at radius 3 is 2.63 bits per heavy atom. The summed E-state index contributed by atoms with van der Waals surface area (Å²) in [6.45, 7) is 8.90. The van der Waals surface area contributed by atoms with E-state index in [2.05, 4.69) is 45.1 Å². The molecule has 104 valence electrons. The molecule has 2 heteroatoms. The Balaban J connectivity index is 2.03. The molecule has 0 aromatic heterocycles. The monoisotopic (exact) mass is 259 g/mol. The molecule has 1 saturated carbocycles. The molecule has 19 heavy (non-hydrogen) atoms. The number of nitrogens with one attached hydrogen (secondary N) is 1. The van der Waals surface area contributed by atoms with Crippen LogP contribution in [0, 0.1) is 6.92 Å². The fourth-order valence-electron chi connectivity index (χ4n) is 3.12. The van der Waals surface area contributed by atoms with Crippen molar-refractivity contribution in [1.82, 2.24) is 5.32 Å². The summed E-state index contributed by atoms with van der Waals surface area (Å²) >= 11 is 0. The summed E-state index contributed by atoms with van der Waals surface area (Å²) in [6, 6.07) is 5.72. The summed E-state index contributed by atoms with van der Waals surface area (Å²) in [5.41, 5.74) is 4.13. The van der Waals surface area contributed by atoms with Gasteiger partial charge in [-0.05, 0) is 43.7 Å². The Morgan fingerprint density at radius 2 is 2.00 bits per heavy atom. The van der Waals surface area contributed by atoms with E-state index in [0.29, 0.717) is 18.1 Å². The van der Waals surface area contributed by atoms with E-state index in [4.69, 9.17) is 4.74 Å². The van der Waals surface area contributed by atoms with E-state index >= 15 is 0 Å². The minimum Gasteiger partial charge on any atom is -0.490 e. The van der Waals surface area contributed by atoms with Gasteiger partial charge in [0, 0.05) is 24.1 Å². The van der Waals surface area contributed by atoms with Gasteiger partial charge in [0.1, 0.15) is 5.75 Å². The number of hydrogen-bond donors (Lipinski definition) is 1. The molecule has 2 atom stereocenters. The zero-order valence-corrected chi connectivity index (χ0v) is 12.5. The predicted molar refractivity (Wildman–Crippen MR) is 78.9 cm³/mol. The largest absolute Gasteiger partial charge is 0.490 e. The highest BCUT2D eigenvalue weighted by Crippen LogP contribution is 2.43. The minimum atomic E-state index is 0.308. The lowest BCUT2D eigenvalue weighted by Gasteiger charge is -2.34. The van der Waals surface area contributed by atoms with Crippen molar-refractivity contribution in [2.45, 2.75) is 71.1 Å². The fourth-order valence-corrected chi connectivity index (χ4v) is 3.12. The van der Waals surface area contributed by atoms with Gasteiger partial charge in [0.25, 0.3) is 0 Å². The van der Waals surface area contributed by atoms with E-state index in [1.165, 1.54) is 29.5 Å². The van der Waals surface area contributed by atoms with Gasteiger partial charge in [-0.25, -0.2) is 0 Å². The molecule has 1 heterocycles. The third-order valence-corrected chi connectivity index (χ3v) is 4.32. The molecule has 1 aliphatic carbocycles. The van der Waals surface area contributed by atoms with Gasteiger partial charge < -0.3 is 10.1 Å². The van der Waals surface area contributed by atoms with E-state index in [-0.39, 0.29) is 0 Å². The predicted octanol–water partition coefficient (Wildman–Crippen LogP) is 4.08. The van der Waals surface area contributed by atoms with Crippen LogP contribution in [0.25, 0.3) is 0 Å². The molecule has 2 nitrogen and oxygen atoms in total. The standard InChI is InChI=1S/C17H25NO/c1-10(2)14-8-5-11(3)16-15(18-13-6-7-13)9-12(4)19-17(14)16/h5,8,10,12-13,15,18H,6-7,9H2,1-4H3. The zero-order valence-electron chi connectivity index (χ0n) is 12.5. The van der Waals surface area contributed by atoms with Crippen LogP contribution in [-0.2, 0) is 0 Å². The van der Waals surface area contributed by atoms with Gasteiger partial charge in [0.2, 0.25) is 0 Å². The van der Waals surface area contributed by atoms with Crippen LogP contribution in [0.2, 0.25) is 0 Å². The topological polar surface area (TPSA) is 21.3 Å². The van der Waals surface area contributed by atoms with E-state index < -0.39 is 0 Å². The van der Waals surface area contributed by atoms with E-state index in [9.17, 15) is 0 Å². The smallest absolute Gasteiger partial charge is 0.128 e. The second-order valence-electron chi connectivity index (χ2n) is 6.53. The molecule has 0 bridgehead atoms. The lowest BCUT2D eigenvalue weighted by molar-refractivity contribution is 0.163. The molecule has 2 aliphatic rings. The SMILES string of the molecule is Cc1ccc(C(C)C)c2c1C(NC1CC1)CC(C)O2. The lowest BCUT2D eigenvalue weighted by Crippen LogP contribution is -2.33. The van der Waals surface area contributed by atoms with Crippen molar-refractivity contribution in [3.63, 3.8) is 0 Å². The van der Waals surface area contributed by atoms with Crippen LogP contribution in [0.3, 0.4) is 0 Å². The van der Waals surface area contributed by atoms with Gasteiger partial charge in [-0.1, -0.05) is 26.0 Å². The second-order valence-corrected chi connectivity index (χ2v) is 6.53. The summed E-state index contributed by atoms with van der Waals surface area (Å²) in [4.78, 5) is 0. The maximum atomic E-state index is 6.20. The first kappa shape index (κ1) is 13.0. The number of ether oxygens (including phenoxy) is 1. The molecule has 1 N–H and O–H groups in total. The molecule has 1 aromatic carbocycles. The van der Waals surface area contributed by atoms with Gasteiger partial charge >= 0.3 is 0 Å². The molecule has 0 amide bonds. The van der Waals surface area contributed by atoms with E-state index in [1.807, 2.05) is 0 Å². The van der Waals surface area contributed by atoms with Crippen molar-refractivity contribution < 1.29 is 4.74 Å². The lowest BCUT2D eigenvalue weighted by atomic mass is 9.88. The van der Waals surface area contributed by atoms with E-state index in [1.54, 1.807) is 0 Å². The molecule has 1 fully saturated rings. The van der Waals surface area contributed by atoms with Crippen LogP contribution in [0.15, 0.2) is 12.1 Å². The summed E-state index contributed by atoms with van der Waals surface area (Å²) in [6.07, 6.45) is 4.07. The van der Waals surface area contributed by atoms with Crippen LogP contribution in [0.1, 0.15) is 68.7 Å². The molecule has 0 radical (unpaired) electrons. The van der Waals surface area contributed by atoms with Crippen molar-refractivity contribution in [3.8, 4) is 5.75 Å². The van der Waals surface area contributed by atoms with Crippen molar-refractivity contribution in [3.05, 3.63) is 28.8 Å². The first-order valence-corrected chi connectivity index (χ1v) is 7.62. The summed E-state index contributed by atoms with van der Waals surface area (Å²) in [5.74, 6) is 1.67. The van der Waals surface area contributed by atoms with Crippen molar-refractivity contribution in [2.24, 2.45) is 0 Å². The summed E-state index contributed by atoms with van der Waals surface area (Å²) in [7, 11) is 0. The molecular formula is C17H25NO. The van der Waals surface area contributed by atoms with Crippen molar-refractivity contribution >= 4 is 0 Å². The van der Waals surface area contributed by atoms with Crippen LogP contribution >= 0.6 is 0 Å². The van der Waals surface area contributed by atoms with Gasteiger partial charge in [-0.2, -0.15) is 0 Å². The molecule has 0 saturated heterocycles. The van der Waals surface area contributed by atoms with Gasteiger partial charge in [-0.15, -0.1) is 0 Å². The van der Waals surface area contributed by atoms with Gasteiger partial charge in [0.15, 0.2) is 0 Å². The molecule has 1 aromatic rings.